The highest BCUT2D eigenvalue weighted by Gasteiger charge is 2.38. The Morgan fingerprint density at radius 1 is 1.83 bits per heavy atom. The highest BCUT2D eigenvalue weighted by molar-refractivity contribution is 5.90. The van der Waals surface area contributed by atoms with E-state index in [2.05, 4.69) is 10.1 Å². The van der Waals surface area contributed by atoms with E-state index in [4.69, 9.17) is 5.11 Å². The van der Waals surface area contributed by atoms with E-state index in [0.29, 0.717) is 0 Å². The first-order valence-electron chi connectivity index (χ1n) is 3.79. The van der Waals surface area contributed by atoms with Crippen LogP contribution in [0.1, 0.15) is 6.92 Å². The topological polar surface area (TPSA) is 75.6 Å². The van der Waals surface area contributed by atoms with Gasteiger partial charge in [0.05, 0.1) is 6.61 Å². The van der Waals surface area contributed by atoms with Crippen molar-refractivity contribution in [2.24, 2.45) is 5.92 Å². The molecular formula is C7H11NO4. The Bertz CT molecular complexity index is 204. The first kappa shape index (κ1) is 8.99. The van der Waals surface area contributed by atoms with Crippen molar-refractivity contribution in [3.8, 4) is 0 Å². The van der Waals surface area contributed by atoms with Gasteiger partial charge in [-0.2, -0.15) is 0 Å². The minimum absolute atomic E-state index is 0.166. The summed E-state index contributed by atoms with van der Waals surface area (Å²) < 4.78 is 4.65. The molecule has 1 heterocycles. The number of ether oxygens (including phenoxy) is 1. The van der Waals surface area contributed by atoms with E-state index in [9.17, 15) is 9.59 Å². The maximum Gasteiger partial charge on any atom is 0.313 e. The molecule has 0 aromatic heterocycles. The van der Waals surface area contributed by atoms with Crippen LogP contribution >= 0.6 is 0 Å². The maximum atomic E-state index is 11.0. The summed E-state index contributed by atoms with van der Waals surface area (Å²) in [6.45, 7) is 2.10. The molecule has 68 valence electrons. The van der Waals surface area contributed by atoms with Gasteiger partial charge in [0.2, 0.25) is 5.91 Å². The lowest BCUT2D eigenvalue weighted by Crippen LogP contribution is -2.30. The van der Waals surface area contributed by atoms with Gasteiger partial charge in [-0.1, -0.05) is 0 Å². The Morgan fingerprint density at radius 2 is 2.50 bits per heavy atom. The van der Waals surface area contributed by atoms with Crippen molar-refractivity contribution in [1.82, 2.24) is 5.32 Å². The van der Waals surface area contributed by atoms with Gasteiger partial charge in [-0.15, -0.1) is 0 Å². The van der Waals surface area contributed by atoms with Crippen molar-refractivity contribution in [3.05, 3.63) is 0 Å². The molecule has 5 heteroatoms. The van der Waals surface area contributed by atoms with Gasteiger partial charge in [0.25, 0.3) is 0 Å². The number of hydrogen-bond acceptors (Lipinski definition) is 4. The van der Waals surface area contributed by atoms with Crippen LogP contribution in [0.5, 0.6) is 0 Å². The summed E-state index contributed by atoms with van der Waals surface area (Å²) in [7, 11) is 0. The minimum atomic E-state index is -1.25. The molecule has 1 aliphatic rings. The molecule has 0 spiro atoms. The summed E-state index contributed by atoms with van der Waals surface area (Å²) in [6.07, 6.45) is -1.25. The third-order valence-corrected chi connectivity index (χ3v) is 1.74. The number of aliphatic hydroxyl groups excluding tert-OH is 1. The Hall–Kier alpha value is -1.10. The summed E-state index contributed by atoms with van der Waals surface area (Å²) in [5.41, 5.74) is 0. The molecule has 2 atom stereocenters. The molecule has 1 saturated heterocycles. The van der Waals surface area contributed by atoms with Crippen LogP contribution in [0.3, 0.4) is 0 Å². The fraction of sp³-hybridized carbons (Fsp3) is 0.714. The first-order valence-corrected chi connectivity index (χ1v) is 3.79. The van der Waals surface area contributed by atoms with Crippen molar-refractivity contribution in [2.45, 2.75) is 13.0 Å². The van der Waals surface area contributed by atoms with Crippen molar-refractivity contribution in [3.63, 3.8) is 0 Å². The summed E-state index contributed by atoms with van der Waals surface area (Å²) in [5, 5.41) is 11.5. The largest absolute Gasteiger partial charge is 0.466 e. The Balaban J connectivity index is 2.53. The van der Waals surface area contributed by atoms with Gasteiger partial charge < -0.3 is 15.2 Å². The van der Waals surface area contributed by atoms with E-state index in [1.54, 1.807) is 6.92 Å². The van der Waals surface area contributed by atoms with Crippen LogP contribution in [-0.2, 0) is 14.3 Å². The van der Waals surface area contributed by atoms with Gasteiger partial charge in [-0.05, 0) is 6.92 Å². The van der Waals surface area contributed by atoms with Gasteiger partial charge in [0.15, 0.2) is 0 Å². The van der Waals surface area contributed by atoms with Crippen LogP contribution in [0.2, 0.25) is 0 Å². The van der Waals surface area contributed by atoms with Crippen molar-refractivity contribution in [1.29, 1.82) is 0 Å². The number of nitrogens with one attached hydrogen (secondary N) is 1. The zero-order valence-electron chi connectivity index (χ0n) is 6.74. The van der Waals surface area contributed by atoms with Gasteiger partial charge in [-0.3, -0.25) is 9.59 Å². The highest BCUT2D eigenvalue weighted by Crippen LogP contribution is 2.11. The second-order valence-electron chi connectivity index (χ2n) is 2.55. The lowest BCUT2D eigenvalue weighted by atomic mass is 10.1. The lowest BCUT2D eigenvalue weighted by Gasteiger charge is -2.09. The van der Waals surface area contributed by atoms with E-state index in [1.165, 1.54) is 0 Å². The van der Waals surface area contributed by atoms with E-state index < -0.39 is 23.9 Å². The first-order chi connectivity index (χ1) is 5.66. The maximum absolute atomic E-state index is 11.0. The molecule has 0 aromatic carbocycles. The summed E-state index contributed by atoms with van der Waals surface area (Å²) in [5.74, 6) is -1.77. The number of esters is 1. The molecule has 1 fully saturated rings. The van der Waals surface area contributed by atoms with Crippen LogP contribution < -0.4 is 5.32 Å². The Kier molecular flexibility index (Phi) is 2.65. The summed E-state index contributed by atoms with van der Waals surface area (Å²) in [4.78, 5) is 21.8. The second-order valence-corrected chi connectivity index (χ2v) is 2.55. The summed E-state index contributed by atoms with van der Waals surface area (Å²) >= 11 is 0. The van der Waals surface area contributed by atoms with Crippen LogP contribution in [-0.4, -0.2) is 36.2 Å². The van der Waals surface area contributed by atoms with Gasteiger partial charge >= 0.3 is 5.97 Å². The van der Waals surface area contributed by atoms with Crippen LogP contribution in [0.25, 0.3) is 0 Å². The van der Waals surface area contributed by atoms with E-state index in [0.717, 1.165) is 0 Å². The van der Waals surface area contributed by atoms with Crippen molar-refractivity contribution >= 4 is 11.9 Å². The lowest BCUT2D eigenvalue weighted by molar-refractivity contribution is -0.152. The van der Waals surface area contributed by atoms with Gasteiger partial charge in [0, 0.05) is 6.54 Å². The predicted octanol–water partition coefficient (Wildman–Crippen LogP) is -1.34. The number of carbonyl (C=O) groups is 2. The number of hydrogen-bond donors (Lipinski definition) is 2. The van der Waals surface area contributed by atoms with Gasteiger partial charge in [-0.25, -0.2) is 0 Å². The molecular weight excluding hydrogens is 162 g/mol. The summed E-state index contributed by atoms with van der Waals surface area (Å²) in [6, 6.07) is 0. The normalized spacial score (nSPS) is 28.3. The molecule has 2 N–H and O–H groups in total. The molecule has 1 rings (SSSR count). The smallest absolute Gasteiger partial charge is 0.313 e. The van der Waals surface area contributed by atoms with Crippen LogP contribution in [0.4, 0.5) is 0 Å². The highest BCUT2D eigenvalue weighted by atomic mass is 16.5. The number of aliphatic hydroxyl groups is 1. The molecule has 12 heavy (non-hydrogen) atoms. The Morgan fingerprint density at radius 3 is 2.92 bits per heavy atom. The third-order valence-electron chi connectivity index (χ3n) is 1.74. The number of carbonyl (C=O) groups excluding carboxylic acids is 2. The SMILES string of the molecule is CCOC(=O)C1CNC(=O)C1O. The van der Waals surface area contributed by atoms with Crippen molar-refractivity contribution in [2.75, 3.05) is 13.2 Å². The molecule has 0 radical (unpaired) electrons. The molecule has 5 nitrogen and oxygen atoms in total. The third kappa shape index (κ3) is 1.55. The zero-order chi connectivity index (χ0) is 9.14. The van der Waals surface area contributed by atoms with Crippen LogP contribution in [0, 0.1) is 5.92 Å². The molecule has 0 bridgehead atoms. The number of amides is 1. The van der Waals surface area contributed by atoms with E-state index in [1.807, 2.05) is 0 Å². The van der Waals surface area contributed by atoms with E-state index >= 15 is 0 Å². The van der Waals surface area contributed by atoms with Crippen LogP contribution in [0.15, 0.2) is 0 Å². The molecule has 1 aliphatic heterocycles. The molecule has 2 unspecified atom stereocenters. The quantitative estimate of drug-likeness (QED) is 0.506. The fourth-order valence-corrected chi connectivity index (χ4v) is 1.07. The standard InChI is InChI=1S/C7H11NO4/c1-2-12-7(11)4-3-8-6(10)5(4)9/h4-5,9H,2-3H2,1H3,(H,8,10). The number of rotatable bonds is 2. The zero-order valence-corrected chi connectivity index (χ0v) is 6.74. The monoisotopic (exact) mass is 173 g/mol. The molecule has 1 amide bonds. The van der Waals surface area contributed by atoms with Gasteiger partial charge in [0.1, 0.15) is 12.0 Å². The van der Waals surface area contributed by atoms with Crippen molar-refractivity contribution < 1.29 is 19.4 Å². The predicted molar refractivity (Wildman–Crippen MR) is 39.1 cm³/mol. The molecule has 0 aromatic rings. The Labute approximate surface area is 69.7 Å². The fourth-order valence-electron chi connectivity index (χ4n) is 1.07. The average Bonchev–Trinajstić information content (AvgIpc) is 2.34. The molecule has 0 aliphatic carbocycles. The minimum Gasteiger partial charge on any atom is -0.466 e. The second kappa shape index (κ2) is 3.53. The van der Waals surface area contributed by atoms with E-state index in [-0.39, 0.29) is 13.2 Å². The average molecular weight is 173 g/mol. The molecule has 0 saturated carbocycles.